The van der Waals surface area contributed by atoms with E-state index in [9.17, 15) is 14.7 Å². The van der Waals surface area contributed by atoms with Crippen LogP contribution in [0.5, 0.6) is 5.75 Å². The van der Waals surface area contributed by atoms with Gasteiger partial charge < -0.3 is 10.0 Å². The summed E-state index contributed by atoms with van der Waals surface area (Å²) in [6.45, 7) is 2.74. The number of aromatic hydroxyl groups is 1. The highest BCUT2D eigenvalue weighted by molar-refractivity contribution is 8.14. The summed E-state index contributed by atoms with van der Waals surface area (Å²) >= 11 is 1.24. The molecule has 1 aliphatic heterocycles. The van der Waals surface area contributed by atoms with Gasteiger partial charge in [-0.25, -0.2) is 0 Å². The van der Waals surface area contributed by atoms with Crippen molar-refractivity contribution in [3.8, 4) is 5.75 Å². The Hall–Kier alpha value is -1.49. The van der Waals surface area contributed by atoms with E-state index in [0.717, 1.165) is 5.56 Å². The minimum Gasteiger partial charge on any atom is -0.508 e. The highest BCUT2D eigenvalue weighted by Crippen LogP contribution is 2.25. The minimum absolute atomic E-state index is 0.0559. The van der Waals surface area contributed by atoms with E-state index in [0.29, 0.717) is 25.9 Å². The number of benzene rings is 1. The van der Waals surface area contributed by atoms with Gasteiger partial charge in [-0.15, -0.1) is 0 Å². The number of nitrogens with zero attached hydrogens (tertiary/aromatic N) is 1. The first-order chi connectivity index (χ1) is 9.06. The van der Waals surface area contributed by atoms with Gasteiger partial charge in [0.05, 0.1) is 0 Å². The Balaban J connectivity index is 1.88. The fourth-order valence-electron chi connectivity index (χ4n) is 2.24. The molecule has 0 spiro atoms. The molecule has 0 bridgehead atoms. The van der Waals surface area contributed by atoms with E-state index in [-0.39, 0.29) is 22.0 Å². The molecule has 0 radical (unpaired) electrons. The predicted octanol–water partition coefficient (Wildman–Crippen LogP) is 1.82. The summed E-state index contributed by atoms with van der Waals surface area (Å²) in [4.78, 5) is 24.6. The third-order valence-electron chi connectivity index (χ3n) is 3.15. The van der Waals surface area contributed by atoms with E-state index in [1.54, 1.807) is 17.0 Å². The SMILES string of the molecule is CC(=O)SC1CC(=O)N(CCc2ccccc2O)C1. The van der Waals surface area contributed by atoms with Crippen LogP contribution >= 0.6 is 11.8 Å². The Labute approximate surface area is 116 Å². The summed E-state index contributed by atoms with van der Waals surface area (Å²) in [7, 11) is 0. The normalized spacial score (nSPS) is 18.9. The van der Waals surface area contributed by atoms with Crippen molar-refractivity contribution in [3.63, 3.8) is 0 Å². The van der Waals surface area contributed by atoms with Crippen LogP contribution in [0.3, 0.4) is 0 Å². The number of amides is 1. The lowest BCUT2D eigenvalue weighted by Gasteiger charge is -2.16. The molecule has 1 amide bonds. The topological polar surface area (TPSA) is 57.6 Å². The lowest BCUT2D eigenvalue weighted by Crippen LogP contribution is -2.28. The molecule has 1 unspecified atom stereocenters. The minimum atomic E-state index is 0.0559. The molecule has 1 aliphatic rings. The average molecular weight is 279 g/mol. The molecule has 1 aromatic carbocycles. The number of rotatable bonds is 4. The smallest absolute Gasteiger partial charge is 0.223 e. The number of phenolic OH excluding ortho intramolecular Hbond substituents is 1. The summed E-state index contributed by atoms with van der Waals surface area (Å²) < 4.78 is 0. The molecule has 102 valence electrons. The standard InChI is InChI=1S/C14H17NO3S/c1-10(16)19-12-8-14(18)15(9-12)7-6-11-4-2-3-5-13(11)17/h2-5,12,17H,6-9H2,1H3. The molecule has 0 aliphatic carbocycles. The van der Waals surface area contributed by atoms with Crippen LogP contribution in [0, 0.1) is 0 Å². The first-order valence-electron chi connectivity index (χ1n) is 6.28. The number of carbonyl (C=O) groups is 2. The number of thioether (sulfide) groups is 1. The van der Waals surface area contributed by atoms with Crippen LogP contribution in [-0.4, -0.2) is 39.4 Å². The average Bonchev–Trinajstić information content (AvgIpc) is 2.67. The summed E-state index contributed by atoms with van der Waals surface area (Å²) in [5.41, 5.74) is 0.845. The van der Waals surface area contributed by atoms with E-state index in [2.05, 4.69) is 0 Å². The van der Waals surface area contributed by atoms with Gasteiger partial charge in [0.15, 0.2) is 5.12 Å². The summed E-state index contributed by atoms with van der Waals surface area (Å²) in [5.74, 6) is 0.359. The zero-order valence-electron chi connectivity index (χ0n) is 10.8. The van der Waals surface area contributed by atoms with Gasteiger partial charge >= 0.3 is 0 Å². The van der Waals surface area contributed by atoms with Crippen LogP contribution in [0.2, 0.25) is 0 Å². The molecule has 1 N–H and O–H groups in total. The van der Waals surface area contributed by atoms with Crippen molar-refractivity contribution < 1.29 is 14.7 Å². The second kappa shape index (κ2) is 6.10. The van der Waals surface area contributed by atoms with Crippen LogP contribution in [0.1, 0.15) is 18.9 Å². The Bertz CT molecular complexity index is 489. The Kier molecular flexibility index (Phi) is 4.47. The van der Waals surface area contributed by atoms with Crippen LogP contribution in [0.15, 0.2) is 24.3 Å². The van der Waals surface area contributed by atoms with Gasteiger partial charge in [0.25, 0.3) is 0 Å². The van der Waals surface area contributed by atoms with Crippen LogP contribution in [-0.2, 0) is 16.0 Å². The number of hydrogen-bond acceptors (Lipinski definition) is 4. The monoisotopic (exact) mass is 279 g/mol. The van der Waals surface area contributed by atoms with Gasteiger partial charge in [-0.3, -0.25) is 9.59 Å². The first-order valence-corrected chi connectivity index (χ1v) is 7.16. The molecule has 1 atom stereocenters. The maximum Gasteiger partial charge on any atom is 0.223 e. The van der Waals surface area contributed by atoms with E-state index in [4.69, 9.17) is 0 Å². The molecular formula is C14H17NO3S. The molecule has 1 aromatic rings. The van der Waals surface area contributed by atoms with E-state index in [1.807, 2.05) is 12.1 Å². The maximum atomic E-state index is 11.8. The molecule has 0 aromatic heterocycles. The summed E-state index contributed by atoms with van der Waals surface area (Å²) in [5, 5.41) is 9.80. The molecular weight excluding hydrogens is 262 g/mol. The zero-order chi connectivity index (χ0) is 13.8. The van der Waals surface area contributed by atoms with E-state index >= 15 is 0 Å². The van der Waals surface area contributed by atoms with Crippen LogP contribution in [0.4, 0.5) is 0 Å². The molecule has 1 fully saturated rings. The maximum absolute atomic E-state index is 11.8. The van der Waals surface area contributed by atoms with Crippen LogP contribution < -0.4 is 0 Å². The van der Waals surface area contributed by atoms with Crippen molar-refractivity contribution in [3.05, 3.63) is 29.8 Å². The first kappa shape index (κ1) is 13.9. The second-order valence-electron chi connectivity index (χ2n) is 4.65. The zero-order valence-corrected chi connectivity index (χ0v) is 11.7. The van der Waals surface area contributed by atoms with Gasteiger partial charge in [-0.2, -0.15) is 0 Å². The Morgan fingerprint density at radius 3 is 2.89 bits per heavy atom. The summed E-state index contributed by atoms with van der Waals surface area (Å²) in [6.07, 6.45) is 1.07. The lowest BCUT2D eigenvalue weighted by molar-refractivity contribution is -0.127. The highest BCUT2D eigenvalue weighted by Gasteiger charge is 2.30. The number of carbonyl (C=O) groups excluding carboxylic acids is 2. The largest absolute Gasteiger partial charge is 0.508 e. The molecule has 5 heteroatoms. The van der Waals surface area contributed by atoms with Crippen molar-refractivity contribution in [2.24, 2.45) is 0 Å². The number of hydrogen-bond donors (Lipinski definition) is 1. The summed E-state index contributed by atoms with van der Waals surface area (Å²) in [6, 6.07) is 7.15. The highest BCUT2D eigenvalue weighted by atomic mass is 32.2. The van der Waals surface area contributed by atoms with Crippen molar-refractivity contribution in [1.82, 2.24) is 4.90 Å². The molecule has 2 rings (SSSR count). The van der Waals surface area contributed by atoms with Gasteiger partial charge in [0.1, 0.15) is 5.75 Å². The molecule has 19 heavy (non-hydrogen) atoms. The van der Waals surface area contributed by atoms with Crippen molar-refractivity contribution in [2.75, 3.05) is 13.1 Å². The molecule has 1 saturated heterocycles. The Morgan fingerprint density at radius 1 is 1.47 bits per heavy atom. The predicted molar refractivity (Wildman–Crippen MR) is 75.1 cm³/mol. The van der Waals surface area contributed by atoms with Gasteiger partial charge in [0.2, 0.25) is 5.91 Å². The van der Waals surface area contributed by atoms with Gasteiger partial charge in [-0.1, -0.05) is 30.0 Å². The van der Waals surface area contributed by atoms with Crippen molar-refractivity contribution >= 4 is 22.8 Å². The van der Waals surface area contributed by atoms with E-state index in [1.165, 1.54) is 18.7 Å². The van der Waals surface area contributed by atoms with Gasteiger partial charge in [-0.05, 0) is 18.1 Å². The Morgan fingerprint density at radius 2 is 2.21 bits per heavy atom. The second-order valence-corrected chi connectivity index (χ2v) is 6.13. The van der Waals surface area contributed by atoms with Gasteiger partial charge in [0, 0.05) is 31.7 Å². The third-order valence-corrected chi connectivity index (χ3v) is 4.14. The lowest BCUT2D eigenvalue weighted by atomic mass is 10.1. The van der Waals surface area contributed by atoms with E-state index < -0.39 is 0 Å². The molecule has 4 nitrogen and oxygen atoms in total. The number of para-hydroxylation sites is 1. The molecule has 1 heterocycles. The fraction of sp³-hybridized carbons (Fsp3) is 0.429. The molecule has 0 saturated carbocycles. The number of phenols is 1. The third kappa shape index (κ3) is 3.73. The van der Waals surface area contributed by atoms with Crippen molar-refractivity contribution in [2.45, 2.75) is 25.0 Å². The van der Waals surface area contributed by atoms with Crippen LogP contribution in [0.25, 0.3) is 0 Å². The fourth-order valence-corrected chi connectivity index (χ4v) is 3.19. The van der Waals surface area contributed by atoms with Crippen molar-refractivity contribution in [1.29, 1.82) is 0 Å². The quantitative estimate of drug-likeness (QED) is 0.913. The number of likely N-dealkylation sites (tertiary alicyclic amines) is 1.